The summed E-state index contributed by atoms with van der Waals surface area (Å²) in [4.78, 5) is -0.0550. The Balaban J connectivity index is 2.97. The summed E-state index contributed by atoms with van der Waals surface area (Å²) in [7, 11) is 1.37. The van der Waals surface area contributed by atoms with Gasteiger partial charge in [-0.1, -0.05) is 17.7 Å². The molecule has 0 fully saturated rings. The van der Waals surface area contributed by atoms with Gasteiger partial charge in [-0.05, 0) is 12.1 Å². The summed E-state index contributed by atoms with van der Waals surface area (Å²) >= 11 is 6.83. The highest BCUT2D eigenvalue weighted by Gasteiger charge is 2.22. The first-order valence-corrected chi connectivity index (χ1v) is 7.50. The summed E-state index contributed by atoms with van der Waals surface area (Å²) in [5, 5.41) is 9.77. The van der Waals surface area contributed by atoms with Crippen LogP contribution in [0.15, 0.2) is 23.1 Å². The molecule has 0 aliphatic carbocycles. The third-order valence-corrected chi connectivity index (χ3v) is 4.75. The molecule has 2 rings (SSSR count). The van der Waals surface area contributed by atoms with Crippen LogP contribution in [0.1, 0.15) is 4.88 Å². The largest absolute Gasteiger partial charge is 0.264 e. The van der Waals surface area contributed by atoms with Crippen molar-refractivity contribution in [3.63, 3.8) is 0 Å². The first-order chi connectivity index (χ1) is 7.43. The van der Waals surface area contributed by atoms with Gasteiger partial charge in [-0.25, -0.2) is 8.42 Å². The smallest absolute Gasteiger partial charge is 0.207 e. The van der Waals surface area contributed by atoms with E-state index < -0.39 is 9.05 Å². The standard InChI is InChI=1S/C9H3Cl2NO2S2/c10-5-1-2-6-7(3-5)15-8(4-12)9(6)16(11,13)14/h1-3H. The molecule has 82 valence electrons. The third kappa shape index (κ3) is 1.89. The molecule has 0 saturated heterocycles. The number of hydrogen-bond acceptors (Lipinski definition) is 4. The molecule has 0 spiro atoms. The minimum absolute atomic E-state index is 0.0762. The van der Waals surface area contributed by atoms with Crippen molar-refractivity contribution in [3.8, 4) is 6.07 Å². The van der Waals surface area contributed by atoms with Crippen LogP contribution < -0.4 is 0 Å². The second-order valence-corrected chi connectivity index (χ2v) is 6.94. The van der Waals surface area contributed by atoms with Crippen LogP contribution in [0.2, 0.25) is 5.02 Å². The average Bonchev–Trinajstić information content (AvgIpc) is 2.54. The highest BCUT2D eigenvalue weighted by molar-refractivity contribution is 8.14. The lowest BCUT2D eigenvalue weighted by Crippen LogP contribution is -1.91. The number of rotatable bonds is 1. The Morgan fingerprint density at radius 1 is 1.38 bits per heavy atom. The molecule has 0 aliphatic rings. The maximum atomic E-state index is 11.4. The Morgan fingerprint density at radius 2 is 2.06 bits per heavy atom. The molecule has 3 nitrogen and oxygen atoms in total. The van der Waals surface area contributed by atoms with Gasteiger partial charge in [-0.3, -0.25) is 0 Å². The van der Waals surface area contributed by atoms with E-state index in [0.717, 1.165) is 11.3 Å². The normalized spacial score (nSPS) is 11.6. The topological polar surface area (TPSA) is 57.9 Å². The first kappa shape index (κ1) is 11.7. The second kappa shape index (κ2) is 3.90. The molecule has 0 N–H and O–H groups in total. The lowest BCUT2D eigenvalue weighted by Gasteiger charge is -1.94. The van der Waals surface area contributed by atoms with Gasteiger partial charge in [0.1, 0.15) is 15.8 Å². The van der Waals surface area contributed by atoms with Gasteiger partial charge in [0.15, 0.2) is 0 Å². The summed E-state index contributed by atoms with van der Waals surface area (Å²) in [5.41, 5.74) is 0. The van der Waals surface area contributed by atoms with Crippen molar-refractivity contribution in [3.05, 3.63) is 28.1 Å². The van der Waals surface area contributed by atoms with Crippen molar-refractivity contribution < 1.29 is 8.42 Å². The highest BCUT2D eigenvalue weighted by atomic mass is 35.7. The molecule has 16 heavy (non-hydrogen) atoms. The predicted octanol–water partition coefficient (Wildman–Crippen LogP) is 3.35. The van der Waals surface area contributed by atoms with Crippen LogP contribution in [0.3, 0.4) is 0 Å². The van der Waals surface area contributed by atoms with Gasteiger partial charge < -0.3 is 0 Å². The Kier molecular flexibility index (Phi) is 2.84. The molecule has 1 aromatic carbocycles. The Hall–Kier alpha value is -0.800. The predicted molar refractivity (Wildman–Crippen MR) is 64.6 cm³/mol. The van der Waals surface area contributed by atoms with Crippen LogP contribution in [0.4, 0.5) is 0 Å². The summed E-state index contributed by atoms with van der Waals surface area (Å²) < 4.78 is 23.3. The summed E-state index contributed by atoms with van der Waals surface area (Å²) in [6, 6.07) is 6.53. The van der Waals surface area contributed by atoms with Gasteiger partial charge in [0, 0.05) is 25.8 Å². The molecule has 0 amide bonds. The Morgan fingerprint density at radius 3 is 2.62 bits per heavy atom. The van der Waals surface area contributed by atoms with Crippen LogP contribution in [-0.2, 0) is 9.05 Å². The fourth-order valence-corrected chi connectivity index (χ4v) is 4.38. The van der Waals surface area contributed by atoms with Gasteiger partial charge in [-0.15, -0.1) is 11.3 Å². The quantitative estimate of drug-likeness (QED) is 0.757. The number of nitrogens with zero attached hydrogens (tertiary/aromatic N) is 1. The molecule has 0 radical (unpaired) electrons. The van der Waals surface area contributed by atoms with Crippen LogP contribution in [0.5, 0.6) is 0 Å². The van der Waals surface area contributed by atoms with E-state index >= 15 is 0 Å². The third-order valence-electron chi connectivity index (χ3n) is 1.95. The number of hydrogen-bond donors (Lipinski definition) is 0. The number of benzene rings is 1. The van der Waals surface area contributed by atoms with Gasteiger partial charge in [0.05, 0.1) is 0 Å². The van der Waals surface area contributed by atoms with Crippen molar-refractivity contribution in [2.45, 2.75) is 4.90 Å². The summed E-state index contributed by atoms with van der Waals surface area (Å²) in [6.07, 6.45) is 0. The average molecular weight is 292 g/mol. The van der Waals surface area contributed by atoms with Crippen molar-refractivity contribution >= 4 is 52.8 Å². The lowest BCUT2D eigenvalue weighted by molar-refractivity contribution is 0.610. The minimum atomic E-state index is -3.92. The molecule has 2 aromatic rings. The van der Waals surface area contributed by atoms with E-state index in [2.05, 4.69) is 0 Å². The molecular formula is C9H3Cl2NO2S2. The maximum absolute atomic E-state index is 11.4. The molecule has 1 aromatic heterocycles. The number of nitriles is 1. The van der Waals surface area contributed by atoms with Crippen LogP contribution in [0.25, 0.3) is 10.1 Å². The van der Waals surface area contributed by atoms with E-state index in [-0.39, 0.29) is 9.77 Å². The van der Waals surface area contributed by atoms with E-state index in [1.807, 2.05) is 6.07 Å². The van der Waals surface area contributed by atoms with E-state index in [9.17, 15) is 8.42 Å². The molecule has 1 heterocycles. The van der Waals surface area contributed by atoms with Gasteiger partial charge in [-0.2, -0.15) is 5.26 Å². The molecule has 0 bridgehead atoms. The van der Waals surface area contributed by atoms with Crippen molar-refractivity contribution in [2.24, 2.45) is 0 Å². The van der Waals surface area contributed by atoms with E-state index in [4.69, 9.17) is 27.5 Å². The molecule has 0 atom stereocenters. The molecular weight excluding hydrogens is 289 g/mol. The fourth-order valence-electron chi connectivity index (χ4n) is 1.36. The van der Waals surface area contributed by atoms with Crippen LogP contribution in [0, 0.1) is 11.3 Å². The zero-order valence-corrected chi connectivity index (χ0v) is 10.7. The molecule has 0 unspecified atom stereocenters. The number of halogens is 2. The van der Waals surface area contributed by atoms with Crippen molar-refractivity contribution in [2.75, 3.05) is 0 Å². The lowest BCUT2D eigenvalue weighted by atomic mass is 10.2. The monoisotopic (exact) mass is 291 g/mol. The molecule has 7 heteroatoms. The van der Waals surface area contributed by atoms with E-state index in [0.29, 0.717) is 15.1 Å². The Bertz CT molecular complexity index is 713. The molecule has 0 saturated carbocycles. The zero-order chi connectivity index (χ0) is 11.9. The van der Waals surface area contributed by atoms with E-state index in [1.54, 1.807) is 18.2 Å². The molecule has 0 aliphatic heterocycles. The zero-order valence-electron chi connectivity index (χ0n) is 7.57. The SMILES string of the molecule is N#Cc1sc2cc(Cl)ccc2c1S(=O)(=O)Cl. The second-order valence-electron chi connectivity index (χ2n) is 2.95. The number of fused-ring (bicyclic) bond motifs is 1. The highest BCUT2D eigenvalue weighted by Crippen LogP contribution is 2.37. The fraction of sp³-hybridized carbons (Fsp3) is 0. The van der Waals surface area contributed by atoms with Gasteiger partial charge in [0.25, 0.3) is 9.05 Å². The minimum Gasteiger partial charge on any atom is -0.207 e. The van der Waals surface area contributed by atoms with Crippen LogP contribution in [-0.4, -0.2) is 8.42 Å². The van der Waals surface area contributed by atoms with Crippen molar-refractivity contribution in [1.29, 1.82) is 5.26 Å². The van der Waals surface area contributed by atoms with Gasteiger partial charge >= 0.3 is 0 Å². The first-order valence-electron chi connectivity index (χ1n) is 4.00. The van der Waals surface area contributed by atoms with Gasteiger partial charge in [0.2, 0.25) is 0 Å². The van der Waals surface area contributed by atoms with Crippen molar-refractivity contribution in [1.82, 2.24) is 0 Å². The van der Waals surface area contributed by atoms with Crippen LogP contribution >= 0.6 is 33.6 Å². The number of thiophene rings is 1. The summed E-state index contributed by atoms with van der Waals surface area (Å²) in [6.45, 7) is 0. The summed E-state index contributed by atoms with van der Waals surface area (Å²) in [5.74, 6) is 0. The Labute approximate surface area is 105 Å². The maximum Gasteiger partial charge on any atom is 0.264 e. The van der Waals surface area contributed by atoms with E-state index in [1.165, 1.54) is 0 Å².